The van der Waals surface area contributed by atoms with E-state index in [9.17, 15) is 5.11 Å². The summed E-state index contributed by atoms with van der Waals surface area (Å²) in [4.78, 5) is 12.7. The fourth-order valence-corrected chi connectivity index (χ4v) is 3.62. The van der Waals surface area contributed by atoms with Gasteiger partial charge >= 0.3 is 0 Å². The van der Waals surface area contributed by atoms with Crippen LogP contribution in [0.25, 0.3) is 0 Å². The van der Waals surface area contributed by atoms with Crippen LogP contribution in [-0.2, 0) is 11.3 Å². The molecule has 1 aromatic carbocycles. The molecule has 0 saturated carbocycles. The standard InChI is InChI=1S/C19H24N4O2S/c1-26-16-4-2-13(3-5-16)9-20-18-8-17(14-6-7-25-12-14)21-19(22-18)23-10-15(24)11-23/h2-5,8,14-15,24H,6-7,9-12H2,1H3,(H,20,21,22). The molecule has 0 radical (unpaired) electrons. The van der Waals surface area contributed by atoms with Crippen LogP contribution in [0.15, 0.2) is 35.2 Å². The van der Waals surface area contributed by atoms with Gasteiger partial charge in [0.15, 0.2) is 0 Å². The maximum Gasteiger partial charge on any atom is 0.227 e. The summed E-state index contributed by atoms with van der Waals surface area (Å²) in [5, 5.41) is 13.0. The molecule has 0 spiro atoms. The van der Waals surface area contributed by atoms with Crippen LogP contribution in [0.1, 0.15) is 23.6 Å². The molecule has 0 amide bonds. The molecule has 138 valence electrons. The lowest BCUT2D eigenvalue weighted by Crippen LogP contribution is -2.51. The number of hydrogen-bond acceptors (Lipinski definition) is 7. The number of anilines is 2. The number of hydrogen-bond donors (Lipinski definition) is 2. The maximum atomic E-state index is 9.59. The first kappa shape index (κ1) is 17.6. The zero-order valence-corrected chi connectivity index (χ0v) is 15.7. The van der Waals surface area contributed by atoms with Gasteiger partial charge in [-0.1, -0.05) is 12.1 Å². The predicted molar refractivity (Wildman–Crippen MR) is 104 cm³/mol. The highest BCUT2D eigenvalue weighted by Gasteiger charge is 2.28. The van der Waals surface area contributed by atoms with Crippen LogP contribution < -0.4 is 10.2 Å². The number of nitrogens with one attached hydrogen (secondary N) is 1. The minimum absolute atomic E-state index is 0.275. The molecular formula is C19H24N4O2S. The number of aromatic nitrogens is 2. The highest BCUT2D eigenvalue weighted by Crippen LogP contribution is 2.28. The van der Waals surface area contributed by atoms with E-state index in [2.05, 4.69) is 40.8 Å². The van der Waals surface area contributed by atoms with Crippen LogP contribution in [0.5, 0.6) is 0 Å². The zero-order valence-electron chi connectivity index (χ0n) is 14.9. The van der Waals surface area contributed by atoms with Gasteiger partial charge in [-0.05, 0) is 30.4 Å². The van der Waals surface area contributed by atoms with E-state index in [-0.39, 0.29) is 6.10 Å². The first-order chi connectivity index (χ1) is 12.7. The Morgan fingerprint density at radius 2 is 2.08 bits per heavy atom. The predicted octanol–water partition coefficient (Wildman–Crippen LogP) is 2.50. The van der Waals surface area contributed by atoms with Gasteiger partial charge in [-0.3, -0.25) is 0 Å². The van der Waals surface area contributed by atoms with E-state index in [1.165, 1.54) is 10.5 Å². The molecule has 2 fully saturated rings. The average Bonchev–Trinajstić information content (AvgIpc) is 3.19. The molecule has 2 aliphatic rings. The van der Waals surface area contributed by atoms with Gasteiger partial charge < -0.3 is 20.1 Å². The number of benzene rings is 1. The van der Waals surface area contributed by atoms with E-state index in [4.69, 9.17) is 9.72 Å². The van der Waals surface area contributed by atoms with Gasteiger partial charge in [-0.25, -0.2) is 4.98 Å². The van der Waals surface area contributed by atoms with Crippen molar-refractivity contribution >= 4 is 23.5 Å². The van der Waals surface area contributed by atoms with Crippen molar-refractivity contribution in [3.05, 3.63) is 41.6 Å². The maximum absolute atomic E-state index is 9.59. The van der Waals surface area contributed by atoms with Crippen molar-refractivity contribution in [2.75, 3.05) is 42.8 Å². The van der Waals surface area contributed by atoms with Gasteiger partial charge in [0.05, 0.1) is 18.4 Å². The molecule has 1 unspecified atom stereocenters. The lowest BCUT2D eigenvalue weighted by molar-refractivity contribution is 0.140. The largest absolute Gasteiger partial charge is 0.389 e. The summed E-state index contributed by atoms with van der Waals surface area (Å²) in [5.41, 5.74) is 2.24. The molecule has 1 atom stereocenters. The molecule has 2 aromatic rings. The van der Waals surface area contributed by atoms with Crippen molar-refractivity contribution in [3.63, 3.8) is 0 Å². The van der Waals surface area contributed by atoms with Crippen molar-refractivity contribution in [2.24, 2.45) is 0 Å². The summed E-state index contributed by atoms with van der Waals surface area (Å²) >= 11 is 1.74. The molecule has 4 rings (SSSR count). The number of β-amino-alcohol motifs (C(OH)–C–C–N with tert-alkyl or cyclic N) is 1. The number of ether oxygens (including phenoxy) is 1. The van der Waals surface area contributed by atoms with E-state index in [0.717, 1.165) is 24.5 Å². The Kier molecular flexibility index (Phi) is 5.28. The van der Waals surface area contributed by atoms with Crippen molar-refractivity contribution in [1.29, 1.82) is 0 Å². The van der Waals surface area contributed by atoms with Gasteiger partial charge in [0.25, 0.3) is 0 Å². The van der Waals surface area contributed by atoms with Crippen molar-refractivity contribution < 1.29 is 9.84 Å². The first-order valence-electron chi connectivity index (χ1n) is 8.98. The SMILES string of the molecule is CSc1ccc(CNc2cc(C3CCOC3)nc(N3CC(O)C3)n2)cc1. The molecule has 2 saturated heterocycles. The van der Waals surface area contributed by atoms with Crippen molar-refractivity contribution in [3.8, 4) is 0 Å². The molecule has 26 heavy (non-hydrogen) atoms. The third-order valence-corrected chi connectivity index (χ3v) is 5.60. The summed E-state index contributed by atoms with van der Waals surface area (Å²) in [6, 6.07) is 10.6. The van der Waals surface area contributed by atoms with Gasteiger partial charge in [0, 0.05) is 43.1 Å². The molecule has 1 aromatic heterocycles. The third kappa shape index (κ3) is 3.95. The Bertz CT molecular complexity index is 744. The molecule has 2 aliphatic heterocycles. The monoisotopic (exact) mass is 372 g/mol. The Labute approximate surface area is 158 Å². The number of aliphatic hydroxyl groups excluding tert-OH is 1. The highest BCUT2D eigenvalue weighted by molar-refractivity contribution is 7.98. The molecule has 6 nitrogen and oxygen atoms in total. The lowest BCUT2D eigenvalue weighted by atomic mass is 10.0. The first-order valence-corrected chi connectivity index (χ1v) is 10.2. The average molecular weight is 372 g/mol. The third-order valence-electron chi connectivity index (χ3n) is 4.86. The zero-order chi connectivity index (χ0) is 17.9. The van der Waals surface area contributed by atoms with E-state index < -0.39 is 0 Å². The molecule has 0 bridgehead atoms. The van der Waals surface area contributed by atoms with Crippen LogP contribution in [0.2, 0.25) is 0 Å². The number of rotatable bonds is 6. The van der Waals surface area contributed by atoms with Gasteiger partial charge in [-0.2, -0.15) is 4.98 Å². The van der Waals surface area contributed by atoms with Crippen LogP contribution in [-0.4, -0.2) is 53.7 Å². The number of aliphatic hydroxyl groups is 1. The molecule has 7 heteroatoms. The minimum atomic E-state index is -0.275. The van der Waals surface area contributed by atoms with Crippen LogP contribution in [0.4, 0.5) is 11.8 Å². The summed E-state index contributed by atoms with van der Waals surface area (Å²) in [7, 11) is 0. The van der Waals surface area contributed by atoms with E-state index in [1.54, 1.807) is 11.8 Å². The molecule has 2 N–H and O–H groups in total. The Morgan fingerprint density at radius 1 is 1.27 bits per heavy atom. The summed E-state index contributed by atoms with van der Waals surface area (Å²) < 4.78 is 5.52. The second kappa shape index (κ2) is 7.82. The summed E-state index contributed by atoms with van der Waals surface area (Å²) in [6.07, 6.45) is 2.80. The summed E-state index contributed by atoms with van der Waals surface area (Å²) in [5.74, 6) is 1.84. The molecule has 0 aliphatic carbocycles. The van der Waals surface area contributed by atoms with Gasteiger partial charge in [-0.15, -0.1) is 11.8 Å². The second-order valence-corrected chi connectivity index (χ2v) is 7.68. The highest BCUT2D eigenvalue weighted by atomic mass is 32.2. The molecular weight excluding hydrogens is 348 g/mol. The van der Waals surface area contributed by atoms with Crippen LogP contribution in [0.3, 0.4) is 0 Å². The normalized spacial score (nSPS) is 20.2. The second-order valence-electron chi connectivity index (χ2n) is 6.80. The fourth-order valence-electron chi connectivity index (χ4n) is 3.22. The van der Waals surface area contributed by atoms with Gasteiger partial charge in [0.1, 0.15) is 5.82 Å². The van der Waals surface area contributed by atoms with E-state index in [0.29, 0.717) is 38.1 Å². The Morgan fingerprint density at radius 3 is 2.73 bits per heavy atom. The van der Waals surface area contributed by atoms with E-state index >= 15 is 0 Å². The summed E-state index contributed by atoms with van der Waals surface area (Å²) in [6.45, 7) is 3.42. The Hall–Kier alpha value is -1.83. The number of nitrogens with zero attached hydrogens (tertiary/aromatic N) is 3. The van der Waals surface area contributed by atoms with Crippen molar-refractivity contribution in [2.45, 2.75) is 29.9 Å². The minimum Gasteiger partial charge on any atom is -0.389 e. The molecule has 3 heterocycles. The topological polar surface area (TPSA) is 70.5 Å². The lowest BCUT2D eigenvalue weighted by Gasteiger charge is -2.36. The Balaban J connectivity index is 1.51. The fraction of sp³-hybridized carbons (Fsp3) is 0.474. The quantitative estimate of drug-likeness (QED) is 0.755. The van der Waals surface area contributed by atoms with E-state index in [1.807, 2.05) is 11.0 Å². The smallest absolute Gasteiger partial charge is 0.227 e. The number of thioether (sulfide) groups is 1. The van der Waals surface area contributed by atoms with Crippen LogP contribution >= 0.6 is 11.8 Å². The van der Waals surface area contributed by atoms with Crippen molar-refractivity contribution in [1.82, 2.24) is 9.97 Å². The van der Waals surface area contributed by atoms with Gasteiger partial charge in [0.2, 0.25) is 5.95 Å². The van der Waals surface area contributed by atoms with Crippen LogP contribution in [0, 0.1) is 0 Å².